The molecule has 0 bridgehead atoms. The van der Waals surface area contributed by atoms with E-state index in [1.165, 1.54) is 0 Å². The summed E-state index contributed by atoms with van der Waals surface area (Å²) in [5.41, 5.74) is 0.883. The van der Waals surface area contributed by atoms with Gasteiger partial charge in [0.2, 0.25) is 5.16 Å². The molecule has 0 saturated heterocycles. The molecule has 0 unspecified atom stereocenters. The molecule has 2 rings (SSSR count). The molecule has 98 valence electrons. The van der Waals surface area contributed by atoms with Gasteiger partial charge >= 0.3 is 0 Å². The van der Waals surface area contributed by atoms with Gasteiger partial charge in [0.15, 0.2) is 0 Å². The highest BCUT2D eigenvalue weighted by molar-refractivity contribution is 7.99. The van der Waals surface area contributed by atoms with Gasteiger partial charge in [0.05, 0.1) is 11.8 Å². The van der Waals surface area contributed by atoms with Crippen LogP contribution in [-0.4, -0.2) is 26.0 Å². The van der Waals surface area contributed by atoms with E-state index in [0.717, 1.165) is 29.4 Å². The van der Waals surface area contributed by atoms with Crippen LogP contribution in [0.2, 0.25) is 5.02 Å². The predicted molar refractivity (Wildman–Crippen MR) is 74.4 cm³/mol. The minimum absolute atomic E-state index is 0.600. The number of aromatic nitrogens is 4. The van der Waals surface area contributed by atoms with E-state index in [1.54, 1.807) is 28.6 Å². The Morgan fingerprint density at radius 1 is 1.26 bits per heavy atom. The molecule has 0 aliphatic heterocycles. The van der Waals surface area contributed by atoms with Gasteiger partial charge in [0, 0.05) is 17.2 Å². The molecule has 0 saturated carbocycles. The summed E-state index contributed by atoms with van der Waals surface area (Å²) in [6, 6.07) is 9.49. The fourth-order valence-electron chi connectivity index (χ4n) is 1.48. The predicted octanol–water partition coefficient (Wildman–Crippen LogP) is 3.10. The highest BCUT2D eigenvalue weighted by Gasteiger charge is 2.08. The summed E-state index contributed by atoms with van der Waals surface area (Å²) in [7, 11) is 0. The minimum Gasteiger partial charge on any atom is -0.198 e. The Bertz CT molecular complexity index is 560. The van der Waals surface area contributed by atoms with Crippen LogP contribution in [0.4, 0.5) is 0 Å². The van der Waals surface area contributed by atoms with E-state index in [-0.39, 0.29) is 0 Å². The zero-order valence-electron chi connectivity index (χ0n) is 10.2. The van der Waals surface area contributed by atoms with Gasteiger partial charge in [0.1, 0.15) is 0 Å². The molecule has 1 heterocycles. The summed E-state index contributed by atoms with van der Waals surface area (Å²) >= 11 is 7.44. The number of nitrogens with zero attached hydrogens (tertiary/aromatic N) is 5. The molecule has 0 aliphatic carbocycles. The van der Waals surface area contributed by atoms with Crippen molar-refractivity contribution in [1.29, 1.82) is 5.26 Å². The van der Waals surface area contributed by atoms with Crippen molar-refractivity contribution in [3.8, 4) is 11.8 Å². The normalized spacial score (nSPS) is 10.3. The van der Waals surface area contributed by atoms with E-state index in [2.05, 4.69) is 21.6 Å². The summed E-state index contributed by atoms with van der Waals surface area (Å²) < 4.78 is 1.69. The molecular formula is C12H12ClN5S. The average molecular weight is 294 g/mol. The SMILES string of the molecule is N#CCCCCSc1nnnn1-c1ccc(Cl)cc1. The van der Waals surface area contributed by atoms with Crippen LogP contribution in [0.15, 0.2) is 29.4 Å². The highest BCUT2D eigenvalue weighted by Crippen LogP contribution is 2.20. The van der Waals surface area contributed by atoms with Crippen LogP contribution < -0.4 is 0 Å². The first-order valence-corrected chi connectivity index (χ1v) is 7.21. The van der Waals surface area contributed by atoms with Crippen molar-refractivity contribution < 1.29 is 0 Å². The first kappa shape index (κ1) is 13.8. The average Bonchev–Trinajstić information content (AvgIpc) is 2.88. The maximum Gasteiger partial charge on any atom is 0.214 e. The number of benzene rings is 1. The first-order chi connectivity index (χ1) is 9.31. The lowest BCUT2D eigenvalue weighted by atomic mass is 10.3. The number of nitriles is 1. The maximum absolute atomic E-state index is 8.46. The molecule has 0 fully saturated rings. The lowest BCUT2D eigenvalue weighted by Crippen LogP contribution is -1.99. The molecule has 0 atom stereocenters. The van der Waals surface area contributed by atoms with Crippen LogP contribution in [0.25, 0.3) is 5.69 Å². The second kappa shape index (κ2) is 7.12. The van der Waals surface area contributed by atoms with Gasteiger partial charge in [-0.1, -0.05) is 23.4 Å². The van der Waals surface area contributed by atoms with Gasteiger partial charge in [-0.2, -0.15) is 9.94 Å². The molecule has 1 aromatic carbocycles. The van der Waals surface area contributed by atoms with E-state index in [1.807, 2.05) is 12.1 Å². The molecule has 0 N–H and O–H groups in total. The summed E-state index contributed by atoms with van der Waals surface area (Å²) in [6.45, 7) is 0. The third-order valence-electron chi connectivity index (χ3n) is 2.43. The zero-order chi connectivity index (χ0) is 13.5. The van der Waals surface area contributed by atoms with Crippen molar-refractivity contribution in [1.82, 2.24) is 20.2 Å². The van der Waals surface area contributed by atoms with Crippen LogP contribution in [0, 0.1) is 11.3 Å². The number of thioether (sulfide) groups is 1. The lowest BCUT2D eigenvalue weighted by molar-refractivity contribution is 0.754. The summed E-state index contributed by atoms with van der Waals surface area (Å²) in [4.78, 5) is 0. The monoisotopic (exact) mass is 293 g/mol. The summed E-state index contributed by atoms with van der Waals surface area (Å²) in [5, 5.41) is 21.6. The molecule has 7 heteroatoms. The minimum atomic E-state index is 0.600. The standard InChI is InChI=1S/C12H12ClN5S/c13-10-4-6-11(7-5-10)18-12(15-16-17-18)19-9-3-1-2-8-14/h4-7H,1-3,9H2. The van der Waals surface area contributed by atoms with E-state index < -0.39 is 0 Å². The molecule has 0 spiro atoms. The summed E-state index contributed by atoms with van der Waals surface area (Å²) in [6.07, 6.45) is 2.49. The lowest BCUT2D eigenvalue weighted by Gasteiger charge is -2.03. The smallest absolute Gasteiger partial charge is 0.198 e. The Morgan fingerprint density at radius 3 is 2.79 bits per heavy atom. The van der Waals surface area contributed by atoms with Gasteiger partial charge in [-0.3, -0.25) is 0 Å². The van der Waals surface area contributed by atoms with Crippen LogP contribution in [0.1, 0.15) is 19.3 Å². The largest absolute Gasteiger partial charge is 0.214 e. The number of hydrogen-bond acceptors (Lipinski definition) is 5. The molecule has 0 aliphatic rings. The maximum atomic E-state index is 8.46. The van der Waals surface area contributed by atoms with Gasteiger partial charge in [-0.05, 0) is 47.5 Å². The Labute approximate surface area is 120 Å². The van der Waals surface area contributed by atoms with Crippen molar-refractivity contribution in [2.24, 2.45) is 0 Å². The van der Waals surface area contributed by atoms with Gasteiger partial charge in [-0.15, -0.1) is 5.10 Å². The molecule has 1 aromatic heterocycles. The highest BCUT2D eigenvalue weighted by atomic mass is 35.5. The quantitative estimate of drug-likeness (QED) is 0.605. The Morgan fingerprint density at radius 2 is 2.05 bits per heavy atom. The third kappa shape index (κ3) is 3.94. The fourth-order valence-corrected chi connectivity index (χ4v) is 2.50. The Hall–Kier alpha value is -1.58. The number of tetrazole rings is 1. The van der Waals surface area contributed by atoms with Crippen molar-refractivity contribution in [3.63, 3.8) is 0 Å². The second-order valence-electron chi connectivity index (χ2n) is 3.81. The van der Waals surface area contributed by atoms with Crippen LogP contribution >= 0.6 is 23.4 Å². The zero-order valence-corrected chi connectivity index (χ0v) is 11.7. The number of rotatable bonds is 6. The third-order valence-corrected chi connectivity index (χ3v) is 3.68. The Balaban J connectivity index is 1.98. The van der Waals surface area contributed by atoms with Crippen molar-refractivity contribution in [2.75, 3.05) is 5.75 Å². The van der Waals surface area contributed by atoms with E-state index >= 15 is 0 Å². The molecule has 2 aromatic rings. The fraction of sp³-hybridized carbons (Fsp3) is 0.333. The van der Waals surface area contributed by atoms with Crippen molar-refractivity contribution >= 4 is 23.4 Å². The molecule has 0 amide bonds. The topological polar surface area (TPSA) is 67.4 Å². The van der Waals surface area contributed by atoms with E-state index in [9.17, 15) is 0 Å². The van der Waals surface area contributed by atoms with Gasteiger partial charge in [0.25, 0.3) is 0 Å². The molecular weight excluding hydrogens is 282 g/mol. The second-order valence-corrected chi connectivity index (χ2v) is 5.31. The van der Waals surface area contributed by atoms with Crippen molar-refractivity contribution in [3.05, 3.63) is 29.3 Å². The van der Waals surface area contributed by atoms with Gasteiger partial charge in [-0.25, -0.2) is 0 Å². The summed E-state index contributed by atoms with van der Waals surface area (Å²) in [5.74, 6) is 0.898. The number of unbranched alkanes of at least 4 members (excludes halogenated alkanes) is 2. The first-order valence-electron chi connectivity index (χ1n) is 5.85. The van der Waals surface area contributed by atoms with E-state index in [0.29, 0.717) is 11.4 Å². The number of hydrogen-bond donors (Lipinski definition) is 0. The molecule has 0 radical (unpaired) electrons. The van der Waals surface area contributed by atoms with E-state index in [4.69, 9.17) is 16.9 Å². The van der Waals surface area contributed by atoms with Gasteiger partial charge < -0.3 is 0 Å². The van der Waals surface area contributed by atoms with Crippen LogP contribution in [0.3, 0.4) is 0 Å². The van der Waals surface area contributed by atoms with Crippen LogP contribution in [0.5, 0.6) is 0 Å². The molecule has 5 nitrogen and oxygen atoms in total. The number of halogens is 1. The Kier molecular flexibility index (Phi) is 5.19. The molecule has 19 heavy (non-hydrogen) atoms. The van der Waals surface area contributed by atoms with Crippen molar-refractivity contribution in [2.45, 2.75) is 24.4 Å². The van der Waals surface area contributed by atoms with Crippen LogP contribution in [-0.2, 0) is 0 Å².